The van der Waals surface area contributed by atoms with Crippen molar-refractivity contribution in [3.63, 3.8) is 0 Å². The third-order valence-electron chi connectivity index (χ3n) is 3.86. The van der Waals surface area contributed by atoms with E-state index in [-0.39, 0.29) is 6.03 Å². The Morgan fingerprint density at radius 1 is 1.55 bits per heavy atom. The maximum atomic E-state index is 12.2. The van der Waals surface area contributed by atoms with Gasteiger partial charge >= 0.3 is 6.03 Å². The second-order valence-corrected chi connectivity index (χ2v) is 6.43. The van der Waals surface area contributed by atoms with E-state index in [0.29, 0.717) is 12.6 Å². The molecule has 5 nitrogen and oxygen atoms in total. The van der Waals surface area contributed by atoms with Crippen molar-refractivity contribution in [3.05, 3.63) is 16.1 Å². The van der Waals surface area contributed by atoms with Gasteiger partial charge in [-0.25, -0.2) is 9.78 Å². The van der Waals surface area contributed by atoms with Gasteiger partial charge in [-0.3, -0.25) is 4.90 Å². The Hall–Kier alpha value is -1.14. The number of hydrogen-bond donors (Lipinski definition) is 1. The summed E-state index contributed by atoms with van der Waals surface area (Å²) in [6.07, 6.45) is 2.91. The van der Waals surface area contributed by atoms with Crippen LogP contribution in [0.25, 0.3) is 0 Å². The summed E-state index contributed by atoms with van der Waals surface area (Å²) >= 11 is 1.63. The molecule has 0 radical (unpaired) electrons. The summed E-state index contributed by atoms with van der Waals surface area (Å²) in [6, 6.07) is 0.562. The van der Waals surface area contributed by atoms with E-state index in [2.05, 4.69) is 29.0 Å². The number of nitrogens with zero attached hydrogens (tertiary/aromatic N) is 3. The van der Waals surface area contributed by atoms with Gasteiger partial charge in [-0.05, 0) is 26.4 Å². The zero-order valence-corrected chi connectivity index (χ0v) is 13.4. The molecule has 20 heavy (non-hydrogen) atoms. The normalized spacial score (nSPS) is 18.8. The Labute approximate surface area is 125 Å². The number of nitrogens with one attached hydrogen (secondary N) is 1. The third kappa shape index (κ3) is 3.70. The fourth-order valence-corrected chi connectivity index (χ4v) is 3.46. The van der Waals surface area contributed by atoms with Gasteiger partial charge in [-0.1, -0.05) is 13.8 Å². The zero-order chi connectivity index (χ0) is 14.5. The summed E-state index contributed by atoms with van der Waals surface area (Å²) in [7, 11) is 0. The highest BCUT2D eigenvalue weighted by Gasteiger charge is 2.28. The number of hydrogen-bond acceptors (Lipinski definition) is 4. The molecule has 2 heterocycles. The van der Waals surface area contributed by atoms with Crippen molar-refractivity contribution in [2.24, 2.45) is 0 Å². The van der Waals surface area contributed by atoms with Crippen LogP contribution in [-0.2, 0) is 6.54 Å². The van der Waals surface area contributed by atoms with Gasteiger partial charge in [0.25, 0.3) is 0 Å². The summed E-state index contributed by atoms with van der Waals surface area (Å²) in [6.45, 7) is 10.7. The van der Waals surface area contributed by atoms with E-state index in [9.17, 15) is 4.79 Å². The zero-order valence-electron chi connectivity index (χ0n) is 12.6. The number of thiazole rings is 1. The molecule has 0 aromatic carbocycles. The number of aromatic nitrogens is 1. The molecule has 1 fully saturated rings. The molecule has 1 aliphatic heterocycles. The van der Waals surface area contributed by atoms with Gasteiger partial charge in [-0.15, -0.1) is 11.3 Å². The number of aryl methyl sites for hydroxylation is 1. The SMILES string of the molecule is CCN(CC)[C@@H]1CCN(C(=O)NCc2cnc(C)s2)C1. The van der Waals surface area contributed by atoms with Crippen molar-refractivity contribution in [1.82, 2.24) is 20.1 Å². The maximum absolute atomic E-state index is 12.2. The van der Waals surface area contributed by atoms with E-state index in [4.69, 9.17) is 0 Å². The van der Waals surface area contributed by atoms with Crippen LogP contribution >= 0.6 is 11.3 Å². The Kier molecular flexibility index (Phi) is 5.37. The Bertz CT molecular complexity index is 444. The lowest BCUT2D eigenvalue weighted by molar-refractivity contribution is 0.192. The molecule has 1 aromatic rings. The molecule has 112 valence electrons. The second-order valence-electron chi connectivity index (χ2n) is 5.11. The Morgan fingerprint density at radius 3 is 2.90 bits per heavy atom. The van der Waals surface area contributed by atoms with Crippen molar-refractivity contribution < 1.29 is 4.79 Å². The van der Waals surface area contributed by atoms with Gasteiger partial charge in [0.2, 0.25) is 0 Å². The summed E-state index contributed by atoms with van der Waals surface area (Å²) in [5.41, 5.74) is 0. The highest BCUT2D eigenvalue weighted by molar-refractivity contribution is 7.11. The standard InChI is InChI=1S/C14H24N4OS/c1-4-17(5-2)12-6-7-18(10-12)14(19)16-9-13-8-15-11(3)20-13/h8,12H,4-7,9-10H2,1-3H3,(H,16,19)/t12-/m1/s1. The number of carbonyl (C=O) groups excluding carboxylic acids is 1. The molecular formula is C14H24N4OS. The molecule has 6 heteroatoms. The van der Waals surface area contributed by atoms with Crippen LogP contribution in [0.5, 0.6) is 0 Å². The lowest BCUT2D eigenvalue weighted by atomic mass is 10.2. The van der Waals surface area contributed by atoms with E-state index in [1.807, 2.05) is 18.0 Å². The largest absolute Gasteiger partial charge is 0.333 e. The van der Waals surface area contributed by atoms with Crippen LogP contribution in [0.3, 0.4) is 0 Å². The van der Waals surface area contributed by atoms with Crippen LogP contribution in [0.2, 0.25) is 0 Å². The first kappa shape index (κ1) is 15.3. The lowest BCUT2D eigenvalue weighted by Gasteiger charge is -2.26. The van der Waals surface area contributed by atoms with Gasteiger partial charge in [-0.2, -0.15) is 0 Å². The third-order valence-corrected chi connectivity index (χ3v) is 4.78. The smallest absolute Gasteiger partial charge is 0.317 e. The topological polar surface area (TPSA) is 48.5 Å². The van der Waals surface area contributed by atoms with Gasteiger partial charge in [0.1, 0.15) is 0 Å². The molecule has 2 amide bonds. The van der Waals surface area contributed by atoms with Crippen LogP contribution in [0.15, 0.2) is 6.20 Å². The predicted molar refractivity (Wildman–Crippen MR) is 82.0 cm³/mol. The second kappa shape index (κ2) is 7.04. The molecule has 0 aliphatic carbocycles. The predicted octanol–water partition coefficient (Wildman–Crippen LogP) is 2.08. The van der Waals surface area contributed by atoms with Crippen molar-refractivity contribution in [2.75, 3.05) is 26.2 Å². The summed E-state index contributed by atoms with van der Waals surface area (Å²) < 4.78 is 0. The number of likely N-dealkylation sites (N-methyl/N-ethyl adjacent to an activating group) is 1. The lowest BCUT2D eigenvalue weighted by Crippen LogP contribution is -2.42. The molecule has 0 unspecified atom stereocenters. The molecule has 2 rings (SSSR count). The number of likely N-dealkylation sites (tertiary alicyclic amines) is 1. The van der Waals surface area contributed by atoms with Crippen molar-refractivity contribution in [1.29, 1.82) is 0 Å². The highest BCUT2D eigenvalue weighted by atomic mass is 32.1. The van der Waals surface area contributed by atoms with E-state index < -0.39 is 0 Å². The maximum Gasteiger partial charge on any atom is 0.317 e. The van der Waals surface area contributed by atoms with Crippen LogP contribution in [0, 0.1) is 6.92 Å². The molecule has 1 aliphatic rings. The highest BCUT2D eigenvalue weighted by Crippen LogP contribution is 2.16. The number of rotatable bonds is 5. The van der Waals surface area contributed by atoms with Crippen molar-refractivity contribution in [2.45, 2.75) is 39.8 Å². The molecule has 1 saturated heterocycles. The molecule has 1 N–H and O–H groups in total. The van der Waals surface area contributed by atoms with Gasteiger partial charge < -0.3 is 10.2 Å². The van der Waals surface area contributed by atoms with Gasteiger partial charge in [0.15, 0.2) is 0 Å². The summed E-state index contributed by atoms with van der Waals surface area (Å²) in [5.74, 6) is 0. The molecular weight excluding hydrogens is 272 g/mol. The fourth-order valence-electron chi connectivity index (χ4n) is 2.73. The van der Waals surface area contributed by atoms with Crippen LogP contribution < -0.4 is 5.32 Å². The first-order valence-corrected chi connectivity index (χ1v) is 8.13. The summed E-state index contributed by atoms with van der Waals surface area (Å²) in [5, 5.41) is 4.03. The monoisotopic (exact) mass is 296 g/mol. The van der Waals surface area contributed by atoms with Crippen LogP contribution in [0.1, 0.15) is 30.2 Å². The van der Waals surface area contributed by atoms with E-state index in [0.717, 1.165) is 42.5 Å². The first-order valence-electron chi connectivity index (χ1n) is 7.32. The fraction of sp³-hybridized carbons (Fsp3) is 0.714. The number of urea groups is 1. The van der Waals surface area contributed by atoms with Crippen molar-refractivity contribution in [3.8, 4) is 0 Å². The minimum atomic E-state index is 0.0470. The molecule has 1 atom stereocenters. The van der Waals surface area contributed by atoms with Gasteiger partial charge in [0.05, 0.1) is 11.6 Å². The average molecular weight is 296 g/mol. The molecule has 1 aromatic heterocycles. The van der Waals surface area contributed by atoms with E-state index >= 15 is 0 Å². The summed E-state index contributed by atoms with van der Waals surface area (Å²) in [4.78, 5) is 21.8. The Morgan fingerprint density at radius 2 is 2.30 bits per heavy atom. The van der Waals surface area contributed by atoms with Crippen LogP contribution in [0.4, 0.5) is 4.79 Å². The minimum Gasteiger partial charge on any atom is -0.333 e. The quantitative estimate of drug-likeness (QED) is 0.905. The van der Waals surface area contributed by atoms with E-state index in [1.165, 1.54) is 0 Å². The average Bonchev–Trinajstić information content (AvgIpc) is 3.07. The van der Waals surface area contributed by atoms with Crippen molar-refractivity contribution >= 4 is 17.4 Å². The molecule has 0 spiro atoms. The molecule has 0 saturated carbocycles. The van der Waals surface area contributed by atoms with Gasteiger partial charge in [0, 0.05) is 30.2 Å². The van der Waals surface area contributed by atoms with Crippen LogP contribution in [-0.4, -0.2) is 53.0 Å². The first-order chi connectivity index (χ1) is 9.63. The Balaban J connectivity index is 1.79. The molecule has 0 bridgehead atoms. The minimum absolute atomic E-state index is 0.0470. The number of amides is 2. The van der Waals surface area contributed by atoms with E-state index in [1.54, 1.807) is 11.3 Å². The number of carbonyl (C=O) groups is 1.